The Labute approximate surface area is 98.9 Å². The van der Waals surface area contributed by atoms with Gasteiger partial charge in [0, 0.05) is 5.75 Å². The molecule has 1 aromatic carbocycles. The molecule has 1 N–H and O–H groups in total. The van der Waals surface area contributed by atoms with Gasteiger partial charge in [0.25, 0.3) is 0 Å². The van der Waals surface area contributed by atoms with Crippen molar-refractivity contribution in [1.29, 1.82) is 0 Å². The number of aryl methyl sites for hydroxylation is 1. The summed E-state index contributed by atoms with van der Waals surface area (Å²) in [7, 11) is 0. The van der Waals surface area contributed by atoms with Crippen molar-refractivity contribution >= 4 is 17.7 Å². The van der Waals surface area contributed by atoms with Crippen molar-refractivity contribution in [1.82, 2.24) is 0 Å². The highest BCUT2D eigenvalue weighted by molar-refractivity contribution is 7.99. The van der Waals surface area contributed by atoms with Crippen LogP contribution < -0.4 is 0 Å². The Hall–Kier alpha value is -1.03. The summed E-state index contributed by atoms with van der Waals surface area (Å²) in [4.78, 5) is 10.8. The van der Waals surface area contributed by atoms with Crippen LogP contribution in [0.15, 0.2) is 18.2 Å². The van der Waals surface area contributed by atoms with Gasteiger partial charge in [0.05, 0.1) is 0 Å². The molecule has 0 aromatic heterocycles. The van der Waals surface area contributed by atoms with Crippen molar-refractivity contribution in [3.8, 4) is 0 Å². The third-order valence-corrected chi connectivity index (χ3v) is 3.81. The molecule has 0 saturated carbocycles. The number of aliphatic carboxylic acids is 1. The zero-order valence-electron chi connectivity index (χ0n) is 9.37. The van der Waals surface area contributed by atoms with Gasteiger partial charge in [-0.1, -0.05) is 13.0 Å². The Kier molecular flexibility index (Phi) is 4.80. The number of carboxylic acids is 1. The largest absolute Gasteiger partial charge is 0.480 e. The molecular formula is C12H15FO2S. The third-order valence-electron chi connectivity index (χ3n) is 2.40. The topological polar surface area (TPSA) is 37.3 Å². The van der Waals surface area contributed by atoms with Crippen molar-refractivity contribution in [3.05, 3.63) is 35.1 Å². The molecule has 0 aliphatic carbocycles. The molecule has 1 rings (SSSR count). The number of rotatable bonds is 5. The number of benzene rings is 1. The first-order valence-electron chi connectivity index (χ1n) is 5.14. The summed E-state index contributed by atoms with van der Waals surface area (Å²) in [5.41, 5.74) is 1.86. The molecule has 1 atom stereocenters. The number of thioether (sulfide) groups is 1. The molecule has 0 heterocycles. The second-order valence-corrected chi connectivity index (χ2v) is 4.81. The monoisotopic (exact) mass is 242 g/mol. The van der Waals surface area contributed by atoms with E-state index in [0.29, 0.717) is 12.2 Å². The smallest absolute Gasteiger partial charge is 0.316 e. The highest BCUT2D eigenvalue weighted by Gasteiger charge is 2.15. The number of carboxylic acid groups (broad SMARTS) is 1. The minimum atomic E-state index is -0.804. The molecule has 4 heteroatoms. The fourth-order valence-electron chi connectivity index (χ4n) is 1.35. The van der Waals surface area contributed by atoms with Crippen LogP contribution in [-0.2, 0) is 10.5 Å². The summed E-state index contributed by atoms with van der Waals surface area (Å²) < 4.78 is 13.0. The fraction of sp³-hybridized carbons (Fsp3) is 0.417. The molecule has 1 aromatic rings. The first kappa shape index (κ1) is 13.0. The van der Waals surface area contributed by atoms with E-state index in [4.69, 9.17) is 5.11 Å². The minimum Gasteiger partial charge on any atom is -0.480 e. The first-order valence-corrected chi connectivity index (χ1v) is 6.19. The Bertz CT molecular complexity index is 379. The maximum Gasteiger partial charge on any atom is 0.316 e. The predicted molar refractivity (Wildman–Crippen MR) is 64.1 cm³/mol. The van der Waals surface area contributed by atoms with Gasteiger partial charge in [-0.2, -0.15) is 0 Å². The van der Waals surface area contributed by atoms with Crippen LogP contribution in [0.1, 0.15) is 24.5 Å². The van der Waals surface area contributed by atoms with Gasteiger partial charge in [0.2, 0.25) is 0 Å². The van der Waals surface area contributed by atoms with Gasteiger partial charge >= 0.3 is 5.97 Å². The maximum absolute atomic E-state index is 13.0. The Morgan fingerprint density at radius 1 is 1.56 bits per heavy atom. The lowest BCUT2D eigenvalue weighted by molar-refractivity contribution is -0.136. The minimum absolute atomic E-state index is 0.274. The van der Waals surface area contributed by atoms with Crippen molar-refractivity contribution in [3.63, 3.8) is 0 Å². The SMILES string of the molecule is CCC(SCc1cc(F)ccc1C)C(=O)O. The van der Waals surface area contributed by atoms with Crippen LogP contribution >= 0.6 is 11.8 Å². The van der Waals surface area contributed by atoms with Crippen molar-refractivity contribution in [2.75, 3.05) is 0 Å². The van der Waals surface area contributed by atoms with Gasteiger partial charge in [-0.25, -0.2) is 4.39 Å². The third kappa shape index (κ3) is 3.52. The van der Waals surface area contributed by atoms with E-state index in [0.717, 1.165) is 11.1 Å². The summed E-state index contributed by atoms with van der Waals surface area (Å²) in [6, 6.07) is 4.60. The van der Waals surface area contributed by atoms with E-state index in [-0.39, 0.29) is 5.82 Å². The second kappa shape index (κ2) is 5.89. The van der Waals surface area contributed by atoms with E-state index < -0.39 is 11.2 Å². The molecular weight excluding hydrogens is 227 g/mol. The molecule has 0 fully saturated rings. The van der Waals surface area contributed by atoms with E-state index in [2.05, 4.69) is 0 Å². The molecule has 0 saturated heterocycles. The van der Waals surface area contributed by atoms with Gasteiger partial charge in [0.1, 0.15) is 11.1 Å². The lowest BCUT2D eigenvalue weighted by Crippen LogP contribution is -2.15. The van der Waals surface area contributed by atoms with Crippen molar-refractivity contribution < 1.29 is 14.3 Å². The van der Waals surface area contributed by atoms with Crippen molar-refractivity contribution in [2.24, 2.45) is 0 Å². The standard InChI is InChI=1S/C12H15FO2S/c1-3-11(12(14)15)16-7-9-6-10(13)5-4-8(9)2/h4-6,11H,3,7H2,1-2H3,(H,14,15). The van der Waals surface area contributed by atoms with E-state index in [1.54, 1.807) is 6.07 Å². The van der Waals surface area contributed by atoms with Gasteiger partial charge in [-0.15, -0.1) is 11.8 Å². The van der Waals surface area contributed by atoms with Crippen LogP contribution in [-0.4, -0.2) is 16.3 Å². The van der Waals surface area contributed by atoms with Crippen LogP contribution in [0.25, 0.3) is 0 Å². The lowest BCUT2D eigenvalue weighted by Gasteiger charge is -2.10. The van der Waals surface area contributed by atoms with Gasteiger partial charge in [-0.05, 0) is 36.6 Å². The number of hydrogen-bond donors (Lipinski definition) is 1. The molecule has 16 heavy (non-hydrogen) atoms. The van der Waals surface area contributed by atoms with Crippen LogP contribution in [0.4, 0.5) is 4.39 Å². The maximum atomic E-state index is 13.0. The zero-order chi connectivity index (χ0) is 12.1. The number of halogens is 1. The van der Waals surface area contributed by atoms with E-state index in [1.165, 1.54) is 23.9 Å². The molecule has 0 bridgehead atoms. The van der Waals surface area contributed by atoms with Gasteiger partial charge in [0.15, 0.2) is 0 Å². The van der Waals surface area contributed by atoms with Crippen LogP contribution in [0.5, 0.6) is 0 Å². The average molecular weight is 242 g/mol. The van der Waals surface area contributed by atoms with Crippen molar-refractivity contribution in [2.45, 2.75) is 31.3 Å². The molecule has 0 aliphatic rings. The Morgan fingerprint density at radius 2 is 2.25 bits per heavy atom. The first-order chi connectivity index (χ1) is 7.54. The normalized spacial score (nSPS) is 12.4. The number of carbonyl (C=O) groups is 1. The van der Waals surface area contributed by atoms with E-state index >= 15 is 0 Å². The summed E-state index contributed by atoms with van der Waals surface area (Å²) >= 11 is 1.34. The highest BCUT2D eigenvalue weighted by atomic mass is 32.2. The van der Waals surface area contributed by atoms with Crippen LogP contribution in [0.3, 0.4) is 0 Å². The van der Waals surface area contributed by atoms with E-state index in [9.17, 15) is 9.18 Å². The highest BCUT2D eigenvalue weighted by Crippen LogP contribution is 2.23. The molecule has 1 unspecified atom stereocenters. The number of hydrogen-bond acceptors (Lipinski definition) is 2. The second-order valence-electron chi connectivity index (χ2n) is 3.62. The molecule has 0 amide bonds. The Morgan fingerprint density at radius 3 is 2.81 bits per heavy atom. The summed E-state index contributed by atoms with van der Waals surface area (Å²) in [5.74, 6) is -0.542. The lowest BCUT2D eigenvalue weighted by atomic mass is 10.1. The van der Waals surface area contributed by atoms with Gasteiger partial charge in [-0.3, -0.25) is 4.79 Å². The predicted octanol–water partition coefficient (Wildman–Crippen LogP) is 3.23. The quantitative estimate of drug-likeness (QED) is 0.861. The fourth-order valence-corrected chi connectivity index (χ4v) is 2.42. The van der Waals surface area contributed by atoms with E-state index in [1.807, 2.05) is 13.8 Å². The van der Waals surface area contributed by atoms with Crippen LogP contribution in [0, 0.1) is 12.7 Å². The average Bonchev–Trinajstić information content (AvgIpc) is 2.23. The van der Waals surface area contributed by atoms with Gasteiger partial charge < -0.3 is 5.11 Å². The zero-order valence-corrected chi connectivity index (χ0v) is 10.2. The summed E-state index contributed by atoms with van der Waals surface area (Å²) in [6.45, 7) is 3.74. The van der Waals surface area contributed by atoms with Crippen LogP contribution in [0.2, 0.25) is 0 Å². The summed E-state index contributed by atoms with van der Waals surface area (Å²) in [5, 5.41) is 8.47. The molecule has 88 valence electrons. The molecule has 2 nitrogen and oxygen atoms in total. The summed E-state index contributed by atoms with van der Waals surface area (Å²) in [6.07, 6.45) is 0.578. The molecule has 0 spiro atoms. The molecule has 0 aliphatic heterocycles. The Balaban J connectivity index is 2.66. The molecule has 0 radical (unpaired) electrons.